The van der Waals surface area contributed by atoms with E-state index in [1.165, 1.54) is 11.3 Å². The zero-order valence-corrected chi connectivity index (χ0v) is 15.1. The topological polar surface area (TPSA) is 52.6 Å². The molecule has 26 heavy (non-hydrogen) atoms. The molecule has 0 radical (unpaired) electrons. The summed E-state index contributed by atoms with van der Waals surface area (Å²) >= 11 is 0. The number of aryl methyl sites for hydroxylation is 1. The smallest absolute Gasteiger partial charge is 0.251 e. The molecule has 0 aliphatic carbocycles. The monoisotopic (exact) mass is 351 g/mol. The predicted octanol–water partition coefficient (Wildman–Crippen LogP) is 2.46. The molecule has 3 rings (SSSR count). The standard InChI is InChI=1S/C21H25N3O2/c1-17-7-5-6-10-19(17)23-13-15-24(16-14-23)20(25)11-12-22-21(26)18-8-3-2-4-9-18/h2-10H,11-16H2,1H3,(H,22,26). The second-order valence-electron chi connectivity index (χ2n) is 6.53. The number of piperazine rings is 1. The van der Waals surface area contributed by atoms with Crippen molar-refractivity contribution < 1.29 is 9.59 Å². The lowest BCUT2D eigenvalue weighted by Gasteiger charge is -2.36. The van der Waals surface area contributed by atoms with E-state index in [4.69, 9.17) is 0 Å². The minimum Gasteiger partial charge on any atom is -0.368 e. The van der Waals surface area contributed by atoms with Gasteiger partial charge in [-0.15, -0.1) is 0 Å². The third kappa shape index (κ3) is 4.42. The van der Waals surface area contributed by atoms with Crippen LogP contribution in [0.15, 0.2) is 54.6 Å². The van der Waals surface area contributed by atoms with Crippen LogP contribution in [-0.4, -0.2) is 49.4 Å². The molecule has 0 spiro atoms. The van der Waals surface area contributed by atoms with Crippen molar-refractivity contribution in [2.24, 2.45) is 0 Å². The van der Waals surface area contributed by atoms with Crippen molar-refractivity contribution in [1.82, 2.24) is 10.2 Å². The minimum absolute atomic E-state index is 0.0998. The number of para-hydroxylation sites is 1. The first-order valence-electron chi connectivity index (χ1n) is 9.07. The van der Waals surface area contributed by atoms with E-state index in [-0.39, 0.29) is 11.8 Å². The summed E-state index contributed by atoms with van der Waals surface area (Å²) < 4.78 is 0. The van der Waals surface area contributed by atoms with Crippen LogP contribution in [0.1, 0.15) is 22.3 Å². The molecule has 1 heterocycles. The maximum Gasteiger partial charge on any atom is 0.251 e. The number of rotatable bonds is 5. The Labute approximate surface area is 154 Å². The first-order chi connectivity index (χ1) is 12.6. The zero-order chi connectivity index (χ0) is 18.4. The highest BCUT2D eigenvalue weighted by molar-refractivity contribution is 5.94. The Morgan fingerprint density at radius 3 is 2.27 bits per heavy atom. The fourth-order valence-corrected chi connectivity index (χ4v) is 3.25. The van der Waals surface area contributed by atoms with Gasteiger partial charge in [0.05, 0.1) is 0 Å². The zero-order valence-electron chi connectivity index (χ0n) is 15.1. The molecule has 0 saturated carbocycles. The van der Waals surface area contributed by atoms with Gasteiger partial charge in [0.1, 0.15) is 0 Å². The Bertz CT molecular complexity index is 753. The predicted molar refractivity (Wildman–Crippen MR) is 103 cm³/mol. The van der Waals surface area contributed by atoms with Crippen molar-refractivity contribution in [2.75, 3.05) is 37.6 Å². The number of carbonyl (C=O) groups excluding carboxylic acids is 2. The largest absolute Gasteiger partial charge is 0.368 e. The van der Waals surface area contributed by atoms with Gasteiger partial charge in [-0.25, -0.2) is 0 Å². The fraction of sp³-hybridized carbons (Fsp3) is 0.333. The van der Waals surface area contributed by atoms with Gasteiger partial charge in [-0.3, -0.25) is 9.59 Å². The number of nitrogens with one attached hydrogen (secondary N) is 1. The van der Waals surface area contributed by atoms with Crippen molar-refractivity contribution >= 4 is 17.5 Å². The SMILES string of the molecule is Cc1ccccc1N1CCN(C(=O)CCNC(=O)c2ccccc2)CC1. The van der Waals surface area contributed by atoms with Gasteiger partial charge in [-0.2, -0.15) is 0 Å². The highest BCUT2D eigenvalue weighted by Gasteiger charge is 2.21. The Morgan fingerprint density at radius 2 is 1.58 bits per heavy atom. The molecule has 0 aromatic heterocycles. The second kappa shape index (κ2) is 8.52. The molecule has 1 fully saturated rings. The van der Waals surface area contributed by atoms with E-state index in [1.807, 2.05) is 29.2 Å². The summed E-state index contributed by atoms with van der Waals surface area (Å²) in [6, 6.07) is 17.4. The molecule has 5 heteroatoms. The van der Waals surface area contributed by atoms with Crippen molar-refractivity contribution in [3.63, 3.8) is 0 Å². The van der Waals surface area contributed by atoms with E-state index in [2.05, 4.69) is 35.3 Å². The van der Waals surface area contributed by atoms with E-state index in [0.29, 0.717) is 18.5 Å². The molecular weight excluding hydrogens is 326 g/mol. The normalized spacial score (nSPS) is 14.2. The van der Waals surface area contributed by atoms with Crippen molar-refractivity contribution in [2.45, 2.75) is 13.3 Å². The van der Waals surface area contributed by atoms with E-state index >= 15 is 0 Å². The molecule has 2 amide bonds. The number of hydrogen-bond donors (Lipinski definition) is 1. The van der Waals surface area contributed by atoms with Gasteiger partial charge in [0.25, 0.3) is 5.91 Å². The summed E-state index contributed by atoms with van der Waals surface area (Å²) in [5.41, 5.74) is 3.12. The van der Waals surface area contributed by atoms with Gasteiger partial charge in [0.15, 0.2) is 0 Å². The summed E-state index contributed by atoms with van der Waals surface area (Å²) in [6.07, 6.45) is 0.336. The van der Waals surface area contributed by atoms with Crippen LogP contribution in [0.5, 0.6) is 0 Å². The molecule has 1 saturated heterocycles. The molecule has 1 aliphatic heterocycles. The molecule has 2 aromatic rings. The molecular formula is C21H25N3O2. The van der Waals surface area contributed by atoms with Crippen LogP contribution in [0.25, 0.3) is 0 Å². The summed E-state index contributed by atoms with van der Waals surface area (Å²) in [6.45, 7) is 5.60. The van der Waals surface area contributed by atoms with Gasteiger partial charge in [-0.05, 0) is 30.7 Å². The number of nitrogens with zero attached hydrogens (tertiary/aromatic N) is 2. The van der Waals surface area contributed by atoms with Crippen LogP contribution in [0.4, 0.5) is 5.69 Å². The van der Waals surface area contributed by atoms with Gasteiger partial charge in [0, 0.05) is 50.4 Å². The molecule has 0 bridgehead atoms. The van der Waals surface area contributed by atoms with E-state index in [1.54, 1.807) is 12.1 Å². The van der Waals surface area contributed by atoms with Gasteiger partial charge >= 0.3 is 0 Å². The minimum atomic E-state index is -0.136. The molecule has 0 atom stereocenters. The maximum absolute atomic E-state index is 12.4. The van der Waals surface area contributed by atoms with Gasteiger partial charge in [-0.1, -0.05) is 36.4 Å². The maximum atomic E-state index is 12.4. The van der Waals surface area contributed by atoms with Crippen LogP contribution in [0.3, 0.4) is 0 Å². The Morgan fingerprint density at radius 1 is 0.923 bits per heavy atom. The third-order valence-electron chi connectivity index (χ3n) is 4.75. The lowest BCUT2D eigenvalue weighted by molar-refractivity contribution is -0.131. The third-order valence-corrected chi connectivity index (χ3v) is 4.75. The number of anilines is 1. The highest BCUT2D eigenvalue weighted by Crippen LogP contribution is 2.20. The van der Waals surface area contributed by atoms with Gasteiger partial charge < -0.3 is 15.1 Å². The lowest BCUT2D eigenvalue weighted by atomic mass is 10.1. The number of benzene rings is 2. The summed E-state index contributed by atoms with van der Waals surface area (Å²) in [4.78, 5) is 28.6. The highest BCUT2D eigenvalue weighted by atomic mass is 16.2. The van der Waals surface area contributed by atoms with Crippen molar-refractivity contribution in [1.29, 1.82) is 0 Å². The van der Waals surface area contributed by atoms with Gasteiger partial charge in [0.2, 0.25) is 5.91 Å². The fourth-order valence-electron chi connectivity index (χ4n) is 3.25. The molecule has 0 unspecified atom stereocenters. The lowest BCUT2D eigenvalue weighted by Crippen LogP contribution is -2.49. The first-order valence-corrected chi connectivity index (χ1v) is 9.07. The quantitative estimate of drug-likeness (QED) is 0.900. The first kappa shape index (κ1) is 18.0. The van der Waals surface area contributed by atoms with Crippen LogP contribution in [0.2, 0.25) is 0 Å². The average Bonchev–Trinajstić information content (AvgIpc) is 2.69. The van der Waals surface area contributed by atoms with Crippen LogP contribution in [-0.2, 0) is 4.79 Å². The Hall–Kier alpha value is -2.82. The molecule has 1 N–H and O–H groups in total. The average molecular weight is 351 g/mol. The summed E-state index contributed by atoms with van der Waals surface area (Å²) in [7, 11) is 0. The van der Waals surface area contributed by atoms with Crippen LogP contribution >= 0.6 is 0 Å². The number of hydrogen-bond acceptors (Lipinski definition) is 3. The van der Waals surface area contributed by atoms with Crippen LogP contribution in [0, 0.1) is 6.92 Å². The van der Waals surface area contributed by atoms with Crippen molar-refractivity contribution in [3.8, 4) is 0 Å². The van der Waals surface area contributed by atoms with Crippen molar-refractivity contribution in [3.05, 3.63) is 65.7 Å². The molecule has 136 valence electrons. The van der Waals surface area contributed by atoms with E-state index in [9.17, 15) is 9.59 Å². The molecule has 5 nitrogen and oxygen atoms in total. The second-order valence-corrected chi connectivity index (χ2v) is 6.53. The molecule has 2 aromatic carbocycles. The Balaban J connectivity index is 1.43. The summed E-state index contributed by atoms with van der Waals surface area (Å²) in [5.74, 6) is -0.0365. The van der Waals surface area contributed by atoms with E-state index in [0.717, 1.165) is 26.2 Å². The number of amides is 2. The number of carbonyl (C=O) groups is 2. The van der Waals surface area contributed by atoms with E-state index < -0.39 is 0 Å². The molecule has 1 aliphatic rings. The van der Waals surface area contributed by atoms with Crippen LogP contribution < -0.4 is 10.2 Å². The summed E-state index contributed by atoms with van der Waals surface area (Å²) in [5, 5.41) is 2.81. The Kier molecular flexibility index (Phi) is 5.89.